The van der Waals surface area contributed by atoms with Crippen LogP contribution in [0.5, 0.6) is 5.75 Å². The van der Waals surface area contributed by atoms with Gasteiger partial charge >= 0.3 is 0 Å². The van der Waals surface area contributed by atoms with Crippen LogP contribution < -0.4 is 10.1 Å². The number of hydrogen-bond donors (Lipinski definition) is 1. The number of nitrogens with one attached hydrogen (secondary N) is 1. The molecule has 2 atom stereocenters. The molecule has 1 aliphatic heterocycles. The van der Waals surface area contributed by atoms with Gasteiger partial charge in [0.1, 0.15) is 11.9 Å². The fraction of sp³-hybridized carbons (Fsp3) is 0.647. The lowest BCUT2D eigenvalue weighted by atomic mass is 9.77. The molecule has 0 spiro atoms. The lowest BCUT2D eigenvalue weighted by Gasteiger charge is -2.39. The van der Waals surface area contributed by atoms with Gasteiger partial charge < -0.3 is 10.1 Å². The molecule has 2 nitrogen and oxygen atoms in total. The lowest BCUT2D eigenvalue weighted by Crippen LogP contribution is -2.37. The fourth-order valence-corrected chi connectivity index (χ4v) is 3.87. The van der Waals surface area contributed by atoms with E-state index in [-0.39, 0.29) is 0 Å². The highest BCUT2D eigenvalue weighted by Gasteiger charge is 2.34. The van der Waals surface area contributed by atoms with Crippen molar-refractivity contribution in [3.05, 3.63) is 28.8 Å². The second-order valence-corrected chi connectivity index (χ2v) is 6.87. The van der Waals surface area contributed by atoms with Gasteiger partial charge in [-0.1, -0.05) is 31.4 Å². The summed E-state index contributed by atoms with van der Waals surface area (Å²) in [6.45, 7) is 2.37. The highest BCUT2D eigenvalue weighted by atomic mass is 35.5. The van der Waals surface area contributed by atoms with E-state index in [1.165, 1.54) is 31.2 Å². The first-order valence-corrected chi connectivity index (χ1v) is 8.18. The minimum absolute atomic E-state index is 0.355. The molecule has 1 heterocycles. The summed E-state index contributed by atoms with van der Waals surface area (Å²) in [7, 11) is 2.03. The lowest BCUT2D eigenvalue weighted by molar-refractivity contribution is 0.0663. The van der Waals surface area contributed by atoms with Gasteiger partial charge in [0.25, 0.3) is 0 Å². The molecule has 1 N–H and O–H groups in total. The summed E-state index contributed by atoms with van der Waals surface area (Å²) in [5, 5.41) is 4.22. The van der Waals surface area contributed by atoms with E-state index in [0.29, 0.717) is 18.1 Å². The van der Waals surface area contributed by atoms with Gasteiger partial charge in [0.2, 0.25) is 0 Å². The van der Waals surface area contributed by atoms with E-state index < -0.39 is 0 Å². The monoisotopic (exact) mass is 293 g/mol. The number of hydrogen-bond acceptors (Lipinski definition) is 2. The van der Waals surface area contributed by atoms with Crippen LogP contribution in [-0.2, 0) is 0 Å². The topological polar surface area (TPSA) is 21.3 Å². The molecule has 0 saturated heterocycles. The molecule has 0 aromatic heterocycles. The first-order chi connectivity index (χ1) is 9.67. The zero-order valence-electron chi connectivity index (χ0n) is 12.4. The molecule has 0 amide bonds. The number of halogens is 1. The van der Waals surface area contributed by atoms with Gasteiger partial charge in [-0.3, -0.25) is 0 Å². The molecule has 1 saturated carbocycles. The third-order valence-electron chi connectivity index (χ3n) is 5.03. The minimum Gasteiger partial charge on any atom is -0.490 e. The van der Waals surface area contributed by atoms with Crippen LogP contribution >= 0.6 is 11.6 Å². The van der Waals surface area contributed by atoms with Crippen molar-refractivity contribution in [1.82, 2.24) is 5.32 Å². The van der Waals surface area contributed by atoms with Gasteiger partial charge in [-0.05, 0) is 49.9 Å². The van der Waals surface area contributed by atoms with Crippen molar-refractivity contribution in [2.24, 2.45) is 11.8 Å². The number of ether oxygens (including phenoxy) is 1. The van der Waals surface area contributed by atoms with Gasteiger partial charge in [0.05, 0.1) is 0 Å². The van der Waals surface area contributed by atoms with E-state index in [1.807, 2.05) is 25.2 Å². The van der Waals surface area contributed by atoms with E-state index in [4.69, 9.17) is 16.3 Å². The van der Waals surface area contributed by atoms with E-state index in [9.17, 15) is 0 Å². The van der Waals surface area contributed by atoms with Crippen molar-refractivity contribution in [2.45, 2.75) is 51.2 Å². The maximum atomic E-state index is 6.30. The maximum Gasteiger partial charge on any atom is 0.124 e. The summed E-state index contributed by atoms with van der Waals surface area (Å²) < 4.78 is 6.30. The van der Waals surface area contributed by atoms with Crippen LogP contribution in [0.25, 0.3) is 0 Å². The van der Waals surface area contributed by atoms with Crippen LogP contribution in [0, 0.1) is 11.8 Å². The number of benzene rings is 1. The molecule has 0 radical (unpaired) electrons. The Kier molecular flexibility index (Phi) is 4.23. The molecule has 1 fully saturated rings. The highest BCUT2D eigenvalue weighted by molar-refractivity contribution is 6.30. The van der Waals surface area contributed by atoms with Crippen molar-refractivity contribution < 1.29 is 4.74 Å². The summed E-state index contributed by atoms with van der Waals surface area (Å²) in [5.74, 6) is 2.62. The standard InChI is InChI=1S/C17H24ClNO/c1-11-3-5-12(6-4-11)17-10-15(19-2)14-9-13(18)7-8-16(14)20-17/h7-9,11-12,15,17,19H,3-6,10H2,1-2H3. The third kappa shape index (κ3) is 2.82. The number of fused-ring (bicyclic) bond motifs is 1. The Morgan fingerprint density at radius 2 is 1.95 bits per heavy atom. The van der Waals surface area contributed by atoms with Crippen molar-refractivity contribution in [1.29, 1.82) is 0 Å². The van der Waals surface area contributed by atoms with E-state index in [0.717, 1.165) is 23.1 Å². The van der Waals surface area contributed by atoms with Gasteiger partial charge in [-0.2, -0.15) is 0 Å². The normalized spacial score (nSPS) is 33.4. The predicted octanol–water partition coefficient (Wildman–Crippen LogP) is 4.58. The SMILES string of the molecule is CNC1CC(C2CCC(C)CC2)Oc2ccc(Cl)cc21. The summed E-state index contributed by atoms with van der Waals surface area (Å²) in [4.78, 5) is 0. The average Bonchev–Trinajstić information content (AvgIpc) is 2.47. The fourth-order valence-electron chi connectivity index (χ4n) is 3.69. The second-order valence-electron chi connectivity index (χ2n) is 6.44. The Morgan fingerprint density at radius 1 is 1.20 bits per heavy atom. The van der Waals surface area contributed by atoms with Crippen LogP contribution in [0.15, 0.2) is 18.2 Å². The van der Waals surface area contributed by atoms with Crippen LogP contribution in [0.1, 0.15) is 50.6 Å². The molecule has 110 valence electrons. The van der Waals surface area contributed by atoms with E-state index in [1.54, 1.807) is 0 Å². The smallest absolute Gasteiger partial charge is 0.124 e. The van der Waals surface area contributed by atoms with E-state index >= 15 is 0 Å². The third-order valence-corrected chi connectivity index (χ3v) is 5.26. The van der Waals surface area contributed by atoms with Crippen LogP contribution in [0.3, 0.4) is 0 Å². The zero-order valence-corrected chi connectivity index (χ0v) is 13.1. The van der Waals surface area contributed by atoms with Gasteiger partial charge in [-0.15, -0.1) is 0 Å². The first kappa shape index (κ1) is 14.2. The van der Waals surface area contributed by atoms with Crippen molar-refractivity contribution >= 4 is 11.6 Å². The van der Waals surface area contributed by atoms with Gasteiger partial charge in [0.15, 0.2) is 0 Å². The quantitative estimate of drug-likeness (QED) is 0.862. The molecular formula is C17H24ClNO. The summed E-state index contributed by atoms with van der Waals surface area (Å²) in [6.07, 6.45) is 6.73. The van der Waals surface area contributed by atoms with Crippen molar-refractivity contribution in [3.8, 4) is 5.75 Å². The summed E-state index contributed by atoms with van der Waals surface area (Å²) in [5.41, 5.74) is 1.21. The Bertz CT molecular complexity index is 468. The molecule has 3 heteroatoms. The Morgan fingerprint density at radius 3 is 2.65 bits per heavy atom. The zero-order chi connectivity index (χ0) is 14.1. The number of rotatable bonds is 2. The highest BCUT2D eigenvalue weighted by Crippen LogP contribution is 2.41. The second kappa shape index (κ2) is 5.95. The molecule has 2 unspecified atom stereocenters. The van der Waals surface area contributed by atoms with Gasteiger partial charge in [-0.25, -0.2) is 0 Å². The van der Waals surface area contributed by atoms with Crippen LogP contribution in [0.2, 0.25) is 5.02 Å². The van der Waals surface area contributed by atoms with Gasteiger partial charge in [0, 0.05) is 23.0 Å². The van der Waals surface area contributed by atoms with Crippen molar-refractivity contribution in [3.63, 3.8) is 0 Å². The maximum absolute atomic E-state index is 6.30. The largest absolute Gasteiger partial charge is 0.490 e. The molecule has 1 aromatic rings. The molecule has 1 aliphatic carbocycles. The van der Waals surface area contributed by atoms with Crippen LogP contribution in [-0.4, -0.2) is 13.2 Å². The predicted molar refractivity (Wildman–Crippen MR) is 83.4 cm³/mol. The van der Waals surface area contributed by atoms with Crippen molar-refractivity contribution in [2.75, 3.05) is 7.05 Å². The minimum atomic E-state index is 0.355. The first-order valence-electron chi connectivity index (χ1n) is 7.80. The molecule has 0 bridgehead atoms. The summed E-state index contributed by atoms with van der Waals surface area (Å²) >= 11 is 6.12. The van der Waals surface area contributed by atoms with Crippen LogP contribution in [0.4, 0.5) is 0 Å². The molecule has 2 aliphatic rings. The molecule has 20 heavy (non-hydrogen) atoms. The Hall–Kier alpha value is -0.730. The summed E-state index contributed by atoms with van der Waals surface area (Å²) in [6, 6.07) is 6.36. The average molecular weight is 294 g/mol. The van der Waals surface area contributed by atoms with E-state index in [2.05, 4.69) is 12.2 Å². The molecule has 1 aromatic carbocycles. The Balaban J connectivity index is 1.78. The molecular weight excluding hydrogens is 270 g/mol. The molecule has 3 rings (SSSR count). The Labute approximate surface area is 126 Å².